The zero-order valence-electron chi connectivity index (χ0n) is 10.3. The number of piperazine rings is 1. The molecule has 1 N–H and O–H groups in total. The Bertz CT molecular complexity index is 554. The zero-order chi connectivity index (χ0) is 12.5. The van der Waals surface area contributed by atoms with Gasteiger partial charge < -0.3 is 5.32 Å². The normalized spacial score (nSPS) is 21.6. The van der Waals surface area contributed by atoms with Gasteiger partial charge in [-0.2, -0.15) is 0 Å². The molecule has 0 saturated carbocycles. The van der Waals surface area contributed by atoms with Gasteiger partial charge in [-0.3, -0.25) is 4.90 Å². The molecule has 0 aliphatic carbocycles. The molecule has 0 unspecified atom stereocenters. The molecule has 1 aromatic heterocycles. The first-order chi connectivity index (χ1) is 8.72. The van der Waals surface area contributed by atoms with Crippen LogP contribution >= 0.6 is 11.3 Å². The lowest BCUT2D eigenvalue weighted by molar-refractivity contribution is 0.165. The van der Waals surface area contributed by atoms with Crippen molar-refractivity contribution < 1.29 is 4.39 Å². The first-order valence-electron chi connectivity index (χ1n) is 6.22. The van der Waals surface area contributed by atoms with E-state index >= 15 is 0 Å². The molecule has 96 valence electrons. The smallest absolute Gasteiger partial charge is 0.124 e. The molecule has 0 amide bonds. The third-order valence-corrected chi connectivity index (χ3v) is 4.37. The maximum absolute atomic E-state index is 13.1. The van der Waals surface area contributed by atoms with Gasteiger partial charge in [0.2, 0.25) is 0 Å². The van der Waals surface area contributed by atoms with Gasteiger partial charge in [0.1, 0.15) is 10.8 Å². The lowest BCUT2D eigenvalue weighted by Gasteiger charge is -2.33. The van der Waals surface area contributed by atoms with Crippen LogP contribution in [0.15, 0.2) is 18.2 Å². The molecule has 3 nitrogen and oxygen atoms in total. The minimum atomic E-state index is -0.187. The van der Waals surface area contributed by atoms with E-state index in [1.807, 2.05) is 0 Å². The molecule has 1 aromatic carbocycles. The van der Waals surface area contributed by atoms with Gasteiger partial charge >= 0.3 is 0 Å². The Morgan fingerprint density at radius 2 is 2.44 bits per heavy atom. The van der Waals surface area contributed by atoms with Gasteiger partial charge in [-0.1, -0.05) is 0 Å². The Kier molecular flexibility index (Phi) is 3.28. The number of aromatic nitrogens is 1. The molecule has 3 rings (SSSR count). The summed E-state index contributed by atoms with van der Waals surface area (Å²) in [6, 6.07) is 5.32. The third-order valence-electron chi connectivity index (χ3n) is 3.37. The van der Waals surface area contributed by atoms with Crippen LogP contribution in [0.1, 0.15) is 11.9 Å². The highest BCUT2D eigenvalue weighted by molar-refractivity contribution is 7.18. The zero-order valence-corrected chi connectivity index (χ0v) is 11.1. The van der Waals surface area contributed by atoms with E-state index in [9.17, 15) is 4.39 Å². The number of hydrogen-bond acceptors (Lipinski definition) is 4. The molecule has 1 saturated heterocycles. The molecule has 1 fully saturated rings. The van der Waals surface area contributed by atoms with Gasteiger partial charge in [0.25, 0.3) is 0 Å². The fourth-order valence-corrected chi connectivity index (χ4v) is 3.32. The van der Waals surface area contributed by atoms with Crippen molar-refractivity contribution >= 4 is 21.6 Å². The van der Waals surface area contributed by atoms with Crippen molar-refractivity contribution in [1.82, 2.24) is 15.2 Å². The predicted octanol–water partition coefficient (Wildman–Crippen LogP) is 2.23. The number of rotatable bonds is 2. The Morgan fingerprint density at radius 3 is 3.28 bits per heavy atom. The fourth-order valence-electron chi connectivity index (χ4n) is 2.31. The lowest BCUT2D eigenvalue weighted by Crippen LogP contribution is -2.49. The highest BCUT2D eigenvalue weighted by Gasteiger charge is 2.19. The molecule has 18 heavy (non-hydrogen) atoms. The highest BCUT2D eigenvalue weighted by atomic mass is 32.1. The van der Waals surface area contributed by atoms with Crippen LogP contribution in [0.2, 0.25) is 0 Å². The quantitative estimate of drug-likeness (QED) is 0.902. The minimum Gasteiger partial charge on any atom is -0.314 e. The predicted molar refractivity (Wildman–Crippen MR) is 72.3 cm³/mol. The second kappa shape index (κ2) is 4.91. The molecule has 1 aliphatic rings. The summed E-state index contributed by atoms with van der Waals surface area (Å²) in [4.78, 5) is 6.99. The van der Waals surface area contributed by atoms with E-state index < -0.39 is 0 Å². The van der Waals surface area contributed by atoms with Crippen LogP contribution in [0.4, 0.5) is 4.39 Å². The molecule has 1 aliphatic heterocycles. The summed E-state index contributed by atoms with van der Waals surface area (Å²) >= 11 is 1.59. The molecular formula is C13H16FN3S. The topological polar surface area (TPSA) is 28.2 Å². The number of nitrogens with one attached hydrogen (secondary N) is 1. The van der Waals surface area contributed by atoms with Crippen LogP contribution in [-0.2, 0) is 6.54 Å². The molecule has 2 heterocycles. The van der Waals surface area contributed by atoms with Crippen LogP contribution in [0, 0.1) is 5.82 Å². The van der Waals surface area contributed by atoms with E-state index in [2.05, 4.69) is 22.1 Å². The van der Waals surface area contributed by atoms with Gasteiger partial charge in [0, 0.05) is 25.7 Å². The minimum absolute atomic E-state index is 0.187. The van der Waals surface area contributed by atoms with Crippen LogP contribution in [0.25, 0.3) is 10.2 Å². The Balaban J connectivity index is 1.81. The second-order valence-electron chi connectivity index (χ2n) is 4.74. The van der Waals surface area contributed by atoms with E-state index in [4.69, 9.17) is 0 Å². The summed E-state index contributed by atoms with van der Waals surface area (Å²) in [5.41, 5.74) is 0.902. The van der Waals surface area contributed by atoms with E-state index in [1.165, 1.54) is 6.07 Å². The first kappa shape index (κ1) is 12.0. The van der Waals surface area contributed by atoms with Gasteiger partial charge in [-0.15, -0.1) is 11.3 Å². The molecular weight excluding hydrogens is 249 g/mol. The van der Waals surface area contributed by atoms with Crippen molar-refractivity contribution in [2.45, 2.75) is 19.5 Å². The third kappa shape index (κ3) is 2.39. The van der Waals surface area contributed by atoms with Crippen LogP contribution in [0.5, 0.6) is 0 Å². The van der Waals surface area contributed by atoms with Crippen molar-refractivity contribution in [3.05, 3.63) is 29.0 Å². The van der Waals surface area contributed by atoms with Crippen molar-refractivity contribution in [3.63, 3.8) is 0 Å². The summed E-state index contributed by atoms with van der Waals surface area (Å²) < 4.78 is 14.1. The van der Waals surface area contributed by atoms with Gasteiger partial charge in [0.05, 0.1) is 16.8 Å². The number of halogens is 1. The van der Waals surface area contributed by atoms with Crippen molar-refractivity contribution in [2.75, 3.05) is 19.6 Å². The molecule has 5 heteroatoms. The van der Waals surface area contributed by atoms with Crippen LogP contribution in [0.3, 0.4) is 0 Å². The summed E-state index contributed by atoms with van der Waals surface area (Å²) in [7, 11) is 0. The molecule has 2 aromatic rings. The molecule has 0 radical (unpaired) electrons. The maximum Gasteiger partial charge on any atom is 0.124 e. The van der Waals surface area contributed by atoms with Gasteiger partial charge in [-0.05, 0) is 25.1 Å². The Hall–Kier alpha value is -1.04. The number of hydrogen-bond donors (Lipinski definition) is 1. The molecule has 1 atom stereocenters. The first-order valence-corrected chi connectivity index (χ1v) is 7.04. The Morgan fingerprint density at radius 1 is 1.56 bits per heavy atom. The van der Waals surface area contributed by atoms with Gasteiger partial charge in [-0.25, -0.2) is 9.37 Å². The monoisotopic (exact) mass is 265 g/mol. The van der Waals surface area contributed by atoms with Crippen molar-refractivity contribution in [3.8, 4) is 0 Å². The van der Waals surface area contributed by atoms with Crippen LogP contribution in [-0.4, -0.2) is 35.6 Å². The van der Waals surface area contributed by atoms with Gasteiger partial charge in [0.15, 0.2) is 0 Å². The number of nitrogens with zero attached hydrogens (tertiary/aromatic N) is 2. The van der Waals surface area contributed by atoms with E-state index in [1.54, 1.807) is 23.5 Å². The second-order valence-corrected chi connectivity index (χ2v) is 5.86. The average molecular weight is 265 g/mol. The average Bonchev–Trinajstić information content (AvgIpc) is 2.73. The number of fused-ring (bicyclic) bond motifs is 1. The van der Waals surface area contributed by atoms with Crippen LogP contribution < -0.4 is 5.32 Å². The maximum atomic E-state index is 13.1. The van der Waals surface area contributed by atoms with Crippen molar-refractivity contribution in [1.29, 1.82) is 0 Å². The van der Waals surface area contributed by atoms with E-state index in [0.717, 1.165) is 41.4 Å². The summed E-state index contributed by atoms with van der Waals surface area (Å²) in [6.45, 7) is 6.19. The largest absolute Gasteiger partial charge is 0.314 e. The van der Waals surface area contributed by atoms with E-state index in [-0.39, 0.29) is 5.82 Å². The standard InChI is InChI=1S/C13H16FN3S/c1-9-7-15-4-5-17(9)8-13-16-11-3-2-10(14)6-12(11)18-13/h2-3,6,9,15H,4-5,7-8H2,1H3/t9-/m0/s1. The SMILES string of the molecule is C[C@H]1CNCCN1Cc1nc2ccc(F)cc2s1. The Labute approximate surface area is 110 Å². The molecule has 0 bridgehead atoms. The fraction of sp³-hybridized carbons (Fsp3) is 0.462. The summed E-state index contributed by atoms with van der Waals surface area (Å²) in [6.07, 6.45) is 0. The van der Waals surface area contributed by atoms with Crippen molar-refractivity contribution in [2.24, 2.45) is 0 Å². The van der Waals surface area contributed by atoms with E-state index in [0.29, 0.717) is 6.04 Å². The molecule has 0 spiro atoms. The lowest BCUT2D eigenvalue weighted by atomic mass is 10.2. The highest BCUT2D eigenvalue weighted by Crippen LogP contribution is 2.24. The summed E-state index contributed by atoms with van der Waals surface area (Å²) in [5, 5.41) is 4.45. The number of thiazole rings is 1. The number of benzene rings is 1. The summed E-state index contributed by atoms with van der Waals surface area (Å²) in [5.74, 6) is -0.187.